The number of anilines is 1. The fraction of sp³-hybridized carbons (Fsp3) is 0.643. The highest BCUT2D eigenvalue weighted by Crippen LogP contribution is 2.14. The Kier molecular flexibility index (Phi) is 6.76. The zero-order valence-electron chi connectivity index (χ0n) is 12.6. The molecule has 6 nitrogen and oxygen atoms in total. The third kappa shape index (κ3) is 5.42. The van der Waals surface area contributed by atoms with E-state index < -0.39 is 0 Å². The molecular formula is C14H23N3O3. The number of nitrogens with zero attached hydrogens (tertiary/aromatic N) is 3. The van der Waals surface area contributed by atoms with Crippen LogP contribution in [0.25, 0.3) is 0 Å². The molecule has 0 fully saturated rings. The molecule has 0 atom stereocenters. The summed E-state index contributed by atoms with van der Waals surface area (Å²) in [6.07, 6.45) is 2.56. The van der Waals surface area contributed by atoms with E-state index in [1.54, 1.807) is 24.1 Å². The van der Waals surface area contributed by atoms with Crippen molar-refractivity contribution < 1.29 is 14.3 Å². The van der Waals surface area contributed by atoms with Gasteiger partial charge in [0.1, 0.15) is 6.54 Å². The molecule has 0 aliphatic heterocycles. The van der Waals surface area contributed by atoms with E-state index >= 15 is 0 Å². The zero-order valence-corrected chi connectivity index (χ0v) is 12.6. The summed E-state index contributed by atoms with van der Waals surface area (Å²) in [5, 5.41) is 0. The summed E-state index contributed by atoms with van der Waals surface area (Å²) >= 11 is 0. The van der Waals surface area contributed by atoms with Crippen LogP contribution in [0, 0.1) is 0 Å². The Bertz CT molecular complexity index is 424. The summed E-state index contributed by atoms with van der Waals surface area (Å²) in [6.45, 7) is 8.89. The van der Waals surface area contributed by atoms with Crippen molar-refractivity contribution in [2.24, 2.45) is 0 Å². The van der Waals surface area contributed by atoms with Crippen LogP contribution in [0.4, 0.5) is 5.95 Å². The van der Waals surface area contributed by atoms with E-state index in [1.807, 2.05) is 20.8 Å². The highest BCUT2D eigenvalue weighted by molar-refractivity contribution is 5.74. The van der Waals surface area contributed by atoms with Crippen molar-refractivity contribution in [2.45, 2.75) is 40.2 Å². The minimum Gasteiger partial charge on any atom is -0.475 e. The molecule has 0 saturated carbocycles. The largest absolute Gasteiger partial charge is 0.475 e. The molecule has 0 amide bonds. The van der Waals surface area contributed by atoms with E-state index in [4.69, 9.17) is 9.47 Å². The lowest BCUT2D eigenvalue weighted by Crippen LogP contribution is -2.33. The van der Waals surface area contributed by atoms with Crippen LogP contribution in [0.15, 0.2) is 12.3 Å². The van der Waals surface area contributed by atoms with Crippen molar-refractivity contribution in [1.82, 2.24) is 9.97 Å². The Labute approximate surface area is 120 Å². The predicted molar refractivity (Wildman–Crippen MR) is 76.9 cm³/mol. The quantitative estimate of drug-likeness (QED) is 0.679. The number of carbonyl (C=O) groups excluding carboxylic acids is 1. The molecule has 0 aromatic carbocycles. The number of hydrogen-bond donors (Lipinski definition) is 0. The Balaban J connectivity index is 2.82. The SMILES string of the molecule is CCCN(CC(=O)OCC)c1nccc(OC(C)C)n1. The van der Waals surface area contributed by atoms with Gasteiger partial charge in [-0.2, -0.15) is 4.98 Å². The van der Waals surface area contributed by atoms with Gasteiger partial charge in [0.05, 0.1) is 12.7 Å². The fourth-order valence-corrected chi connectivity index (χ4v) is 1.67. The van der Waals surface area contributed by atoms with Gasteiger partial charge in [-0.05, 0) is 27.2 Å². The molecule has 0 aliphatic rings. The minimum atomic E-state index is -0.278. The number of esters is 1. The molecule has 20 heavy (non-hydrogen) atoms. The Morgan fingerprint density at radius 3 is 2.75 bits per heavy atom. The smallest absolute Gasteiger partial charge is 0.325 e. The Morgan fingerprint density at radius 1 is 1.40 bits per heavy atom. The van der Waals surface area contributed by atoms with Crippen LogP contribution in [0.2, 0.25) is 0 Å². The van der Waals surface area contributed by atoms with Crippen LogP contribution in [0.3, 0.4) is 0 Å². The van der Waals surface area contributed by atoms with E-state index in [1.165, 1.54) is 0 Å². The van der Waals surface area contributed by atoms with Gasteiger partial charge in [0.15, 0.2) is 0 Å². The summed E-state index contributed by atoms with van der Waals surface area (Å²) in [6, 6.07) is 1.71. The summed E-state index contributed by atoms with van der Waals surface area (Å²) in [7, 11) is 0. The summed E-state index contributed by atoms with van der Waals surface area (Å²) in [5.74, 6) is 0.716. The summed E-state index contributed by atoms with van der Waals surface area (Å²) < 4.78 is 10.5. The van der Waals surface area contributed by atoms with Gasteiger partial charge in [-0.15, -0.1) is 0 Å². The highest BCUT2D eigenvalue weighted by atomic mass is 16.5. The second-order valence-electron chi connectivity index (χ2n) is 4.59. The molecule has 0 unspecified atom stereocenters. The molecule has 1 aromatic rings. The van der Waals surface area contributed by atoms with Crippen LogP contribution in [-0.4, -0.2) is 41.7 Å². The first-order chi connectivity index (χ1) is 9.56. The van der Waals surface area contributed by atoms with Gasteiger partial charge in [-0.3, -0.25) is 4.79 Å². The first-order valence-corrected chi connectivity index (χ1v) is 6.97. The third-order valence-electron chi connectivity index (χ3n) is 2.38. The molecule has 0 bridgehead atoms. The standard InChI is InChI=1S/C14H23N3O3/c1-5-9-17(10-13(18)19-6-2)14-15-8-7-12(16-14)20-11(3)4/h7-8,11H,5-6,9-10H2,1-4H3. The van der Waals surface area contributed by atoms with Crippen LogP contribution in [0.1, 0.15) is 34.1 Å². The lowest BCUT2D eigenvalue weighted by atomic mass is 10.4. The Hall–Kier alpha value is -1.85. The van der Waals surface area contributed by atoms with Crippen molar-refractivity contribution in [3.05, 3.63) is 12.3 Å². The van der Waals surface area contributed by atoms with Gasteiger partial charge in [-0.1, -0.05) is 6.92 Å². The first kappa shape index (κ1) is 16.2. The van der Waals surface area contributed by atoms with Gasteiger partial charge in [0, 0.05) is 18.8 Å². The number of rotatable bonds is 8. The van der Waals surface area contributed by atoms with Gasteiger partial charge in [-0.25, -0.2) is 4.98 Å². The zero-order chi connectivity index (χ0) is 15.0. The molecular weight excluding hydrogens is 258 g/mol. The molecule has 0 radical (unpaired) electrons. The molecule has 1 rings (SSSR count). The van der Waals surface area contributed by atoms with E-state index in [0.717, 1.165) is 6.42 Å². The summed E-state index contributed by atoms with van der Waals surface area (Å²) in [5.41, 5.74) is 0. The first-order valence-electron chi connectivity index (χ1n) is 6.97. The van der Waals surface area contributed by atoms with Crippen molar-refractivity contribution in [3.8, 4) is 5.88 Å². The fourth-order valence-electron chi connectivity index (χ4n) is 1.67. The number of aromatic nitrogens is 2. The maximum absolute atomic E-state index is 11.6. The average Bonchev–Trinajstić information content (AvgIpc) is 2.38. The van der Waals surface area contributed by atoms with E-state index in [9.17, 15) is 4.79 Å². The lowest BCUT2D eigenvalue weighted by Gasteiger charge is -2.21. The second-order valence-corrected chi connectivity index (χ2v) is 4.59. The average molecular weight is 281 g/mol. The summed E-state index contributed by atoms with van der Waals surface area (Å²) in [4.78, 5) is 21.9. The normalized spacial score (nSPS) is 10.4. The minimum absolute atomic E-state index is 0.0439. The molecule has 6 heteroatoms. The highest BCUT2D eigenvalue weighted by Gasteiger charge is 2.15. The molecule has 1 heterocycles. The third-order valence-corrected chi connectivity index (χ3v) is 2.38. The van der Waals surface area contributed by atoms with Crippen molar-refractivity contribution in [2.75, 3.05) is 24.6 Å². The van der Waals surface area contributed by atoms with Crippen LogP contribution >= 0.6 is 0 Å². The van der Waals surface area contributed by atoms with E-state index in [0.29, 0.717) is 25.0 Å². The lowest BCUT2D eigenvalue weighted by molar-refractivity contribution is -0.141. The van der Waals surface area contributed by atoms with Crippen LogP contribution < -0.4 is 9.64 Å². The van der Waals surface area contributed by atoms with Crippen LogP contribution in [0.5, 0.6) is 5.88 Å². The number of hydrogen-bond acceptors (Lipinski definition) is 6. The van der Waals surface area contributed by atoms with Crippen molar-refractivity contribution >= 4 is 11.9 Å². The van der Waals surface area contributed by atoms with Gasteiger partial charge >= 0.3 is 5.97 Å². The molecule has 0 spiro atoms. The predicted octanol–water partition coefficient (Wildman–Crippen LogP) is 2.04. The van der Waals surface area contributed by atoms with Crippen LogP contribution in [-0.2, 0) is 9.53 Å². The maximum Gasteiger partial charge on any atom is 0.325 e. The van der Waals surface area contributed by atoms with Gasteiger partial charge in [0.25, 0.3) is 0 Å². The van der Waals surface area contributed by atoms with Gasteiger partial charge in [0.2, 0.25) is 11.8 Å². The number of carbonyl (C=O) groups is 1. The molecule has 0 saturated heterocycles. The molecule has 0 aliphatic carbocycles. The molecule has 1 aromatic heterocycles. The molecule has 0 N–H and O–H groups in total. The molecule has 112 valence electrons. The van der Waals surface area contributed by atoms with E-state index in [2.05, 4.69) is 9.97 Å². The van der Waals surface area contributed by atoms with Gasteiger partial charge < -0.3 is 14.4 Å². The Morgan fingerprint density at radius 2 is 2.15 bits per heavy atom. The number of ether oxygens (including phenoxy) is 2. The maximum atomic E-state index is 11.6. The van der Waals surface area contributed by atoms with Crippen molar-refractivity contribution in [1.29, 1.82) is 0 Å². The second kappa shape index (κ2) is 8.35. The monoisotopic (exact) mass is 281 g/mol. The topological polar surface area (TPSA) is 64.6 Å². The van der Waals surface area contributed by atoms with E-state index in [-0.39, 0.29) is 18.6 Å². The van der Waals surface area contributed by atoms with Crippen molar-refractivity contribution in [3.63, 3.8) is 0 Å².